The van der Waals surface area contributed by atoms with Gasteiger partial charge in [0.05, 0.1) is 12.8 Å². The fourth-order valence-electron chi connectivity index (χ4n) is 2.73. The molecule has 0 amide bonds. The average Bonchev–Trinajstić information content (AvgIpc) is 2.73. The van der Waals surface area contributed by atoms with E-state index in [4.69, 9.17) is 15.2 Å². The Hall–Kier alpha value is -3.39. The number of ether oxygens (including phenoxy) is 2. The van der Waals surface area contributed by atoms with Gasteiger partial charge in [-0.25, -0.2) is 4.98 Å². The third-order valence-electron chi connectivity index (χ3n) is 4.09. The molecule has 0 saturated heterocycles. The number of nitrogen functional groups attached to an aromatic ring is 1. The number of rotatable bonds is 5. The van der Waals surface area contributed by atoms with Gasteiger partial charge in [0.25, 0.3) is 0 Å². The molecule has 0 spiro atoms. The predicted molar refractivity (Wildman–Crippen MR) is 112 cm³/mol. The summed E-state index contributed by atoms with van der Waals surface area (Å²) in [5.74, 6) is 1.88. The van der Waals surface area contributed by atoms with Gasteiger partial charge in [-0.05, 0) is 30.3 Å². The Kier molecular flexibility index (Phi) is 4.94. The van der Waals surface area contributed by atoms with Crippen LogP contribution in [0.25, 0.3) is 10.9 Å². The second kappa shape index (κ2) is 7.69. The van der Waals surface area contributed by atoms with E-state index >= 15 is 0 Å². The summed E-state index contributed by atoms with van der Waals surface area (Å²) in [6.07, 6.45) is 3.09. The lowest BCUT2D eigenvalue weighted by atomic mass is 10.2. The van der Waals surface area contributed by atoms with Gasteiger partial charge in [-0.15, -0.1) is 0 Å². The van der Waals surface area contributed by atoms with Gasteiger partial charge in [0.2, 0.25) is 5.88 Å². The van der Waals surface area contributed by atoms with Crippen LogP contribution in [-0.4, -0.2) is 22.1 Å². The summed E-state index contributed by atoms with van der Waals surface area (Å²) < 4.78 is 12.3. The van der Waals surface area contributed by atoms with E-state index in [9.17, 15) is 0 Å². The fourth-order valence-corrected chi connectivity index (χ4v) is 3.19. The molecule has 0 aliphatic heterocycles. The Morgan fingerprint density at radius 1 is 0.964 bits per heavy atom. The number of nitrogens with two attached hydrogens (primary N) is 1. The van der Waals surface area contributed by atoms with Crippen molar-refractivity contribution in [3.63, 3.8) is 0 Å². The summed E-state index contributed by atoms with van der Waals surface area (Å²) >= 11 is 3.53. The molecule has 4 rings (SSSR count). The van der Waals surface area contributed by atoms with Crippen molar-refractivity contribution in [3.8, 4) is 17.4 Å². The van der Waals surface area contributed by atoms with E-state index in [1.54, 1.807) is 13.3 Å². The molecule has 0 bridgehead atoms. The van der Waals surface area contributed by atoms with E-state index in [1.165, 1.54) is 6.33 Å². The SMILES string of the molecule is COc1ccccc1Nc1ncnc(Oc2ccc(Br)c3cccnc23)c1N. The summed E-state index contributed by atoms with van der Waals surface area (Å²) in [7, 11) is 1.60. The fraction of sp³-hybridized carbons (Fsp3) is 0.0500. The van der Waals surface area contributed by atoms with Gasteiger partial charge in [-0.1, -0.05) is 34.1 Å². The zero-order chi connectivity index (χ0) is 19.5. The maximum absolute atomic E-state index is 6.26. The second-order valence-electron chi connectivity index (χ2n) is 5.81. The first kappa shape index (κ1) is 18.0. The largest absolute Gasteiger partial charge is 0.495 e. The minimum absolute atomic E-state index is 0.238. The predicted octanol–water partition coefficient (Wildman–Crippen LogP) is 4.91. The van der Waals surface area contributed by atoms with Crippen LogP contribution in [-0.2, 0) is 0 Å². The Labute approximate surface area is 169 Å². The number of anilines is 3. The van der Waals surface area contributed by atoms with Crippen LogP contribution < -0.4 is 20.5 Å². The average molecular weight is 438 g/mol. The number of methoxy groups -OCH3 is 1. The third kappa shape index (κ3) is 3.41. The lowest BCUT2D eigenvalue weighted by Crippen LogP contribution is -2.04. The summed E-state index contributed by atoms with van der Waals surface area (Å²) in [6.45, 7) is 0. The van der Waals surface area contributed by atoms with Crippen LogP contribution in [0.1, 0.15) is 0 Å². The van der Waals surface area contributed by atoms with E-state index < -0.39 is 0 Å². The number of aromatic nitrogens is 3. The maximum atomic E-state index is 6.26. The summed E-state index contributed by atoms with van der Waals surface area (Å²) in [6, 6.07) is 15.0. The third-order valence-corrected chi connectivity index (χ3v) is 4.78. The molecule has 2 aromatic carbocycles. The first-order valence-electron chi connectivity index (χ1n) is 8.39. The molecular weight excluding hydrogens is 422 g/mol. The van der Waals surface area contributed by atoms with Crippen LogP contribution in [0, 0.1) is 0 Å². The van der Waals surface area contributed by atoms with Crippen molar-refractivity contribution < 1.29 is 9.47 Å². The Morgan fingerprint density at radius 2 is 1.82 bits per heavy atom. The quantitative estimate of drug-likeness (QED) is 0.457. The van der Waals surface area contributed by atoms with Crippen molar-refractivity contribution in [1.29, 1.82) is 0 Å². The Morgan fingerprint density at radius 3 is 2.68 bits per heavy atom. The molecule has 28 heavy (non-hydrogen) atoms. The normalized spacial score (nSPS) is 10.6. The van der Waals surface area contributed by atoms with Crippen LogP contribution in [0.15, 0.2) is 65.5 Å². The van der Waals surface area contributed by atoms with E-state index in [1.807, 2.05) is 48.5 Å². The van der Waals surface area contributed by atoms with Crippen LogP contribution in [0.5, 0.6) is 17.4 Å². The maximum Gasteiger partial charge on any atom is 0.248 e. The van der Waals surface area contributed by atoms with Crippen molar-refractivity contribution in [2.24, 2.45) is 0 Å². The molecule has 0 unspecified atom stereocenters. The molecule has 4 aromatic rings. The molecule has 3 N–H and O–H groups in total. The zero-order valence-corrected chi connectivity index (χ0v) is 16.5. The minimum Gasteiger partial charge on any atom is -0.495 e. The standard InChI is InChI=1S/C20H16BrN5O2/c1-27-15-7-3-2-6-14(15)26-19-17(22)20(25-11-24-19)28-16-9-8-13(21)12-5-4-10-23-18(12)16/h2-11H,22H2,1H3,(H,24,25,26). The van der Waals surface area contributed by atoms with Crippen molar-refractivity contribution in [2.75, 3.05) is 18.2 Å². The first-order valence-corrected chi connectivity index (χ1v) is 9.18. The van der Waals surface area contributed by atoms with Crippen LogP contribution in [0.4, 0.5) is 17.2 Å². The highest BCUT2D eigenvalue weighted by Gasteiger charge is 2.14. The van der Waals surface area contributed by atoms with Gasteiger partial charge in [0, 0.05) is 16.1 Å². The van der Waals surface area contributed by atoms with E-state index in [0.717, 1.165) is 15.5 Å². The molecular formula is C20H16BrN5O2. The monoisotopic (exact) mass is 437 g/mol. The van der Waals surface area contributed by atoms with Gasteiger partial charge in [-0.2, -0.15) is 4.98 Å². The highest BCUT2D eigenvalue weighted by Crippen LogP contribution is 2.36. The van der Waals surface area contributed by atoms with Crippen molar-refractivity contribution >= 4 is 44.0 Å². The number of benzene rings is 2. The molecule has 140 valence electrons. The Bertz CT molecular complexity index is 1150. The number of nitrogens with zero attached hydrogens (tertiary/aromatic N) is 3. The molecule has 0 aliphatic carbocycles. The van der Waals surface area contributed by atoms with Crippen LogP contribution in [0.3, 0.4) is 0 Å². The number of nitrogens with one attached hydrogen (secondary N) is 1. The molecule has 2 aromatic heterocycles. The highest BCUT2D eigenvalue weighted by molar-refractivity contribution is 9.10. The van der Waals surface area contributed by atoms with Crippen molar-refractivity contribution in [2.45, 2.75) is 0 Å². The molecule has 2 heterocycles. The van der Waals surface area contributed by atoms with E-state index in [2.05, 4.69) is 36.2 Å². The summed E-state index contributed by atoms with van der Waals surface area (Å²) in [5.41, 5.74) is 7.98. The molecule has 0 aliphatic rings. The first-order chi connectivity index (χ1) is 13.7. The zero-order valence-electron chi connectivity index (χ0n) is 14.9. The lowest BCUT2D eigenvalue weighted by Gasteiger charge is -2.14. The lowest BCUT2D eigenvalue weighted by molar-refractivity contribution is 0.417. The topological polar surface area (TPSA) is 95.2 Å². The van der Waals surface area contributed by atoms with Crippen LogP contribution in [0.2, 0.25) is 0 Å². The van der Waals surface area contributed by atoms with Gasteiger partial charge < -0.3 is 20.5 Å². The minimum atomic E-state index is 0.238. The number of fused-ring (bicyclic) bond motifs is 1. The number of pyridine rings is 1. The van der Waals surface area contributed by atoms with Crippen LogP contribution >= 0.6 is 15.9 Å². The van der Waals surface area contributed by atoms with Gasteiger partial charge in [0.1, 0.15) is 23.3 Å². The molecule has 8 heteroatoms. The molecule has 0 atom stereocenters. The number of para-hydroxylation sites is 2. The van der Waals surface area contributed by atoms with E-state index in [0.29, 0.717) is 22.8 Å². The Balaban J connectivity index is 1.69. The number of hydrogen-bond acceptors (Lipinski definition) is 7. The van der Waals surface area contributed by atoms with Crippen molar-refractivity contribution in [1.82, 2.24) is 15.0 Å². The van der Waals surface area contributed by atoms with Gasteiger partial charge >= 0.3 is 0 Å². The molecule has 0 fully saturated rings. The summed E-state index contributed by atoms with van der Waals surface area (Å²) in [4.78, 5) is 12.8. The second-order valence-corrected chi connectivity index (χ2v) is 6.67. The van der Waals surface area contributed by atoms with Gasteiger partial charge in [-0.3, -0.25) is 4.98 Å². The number of halogens is 1. The van der Waals surface area contributed by atoms with E-state index in [-0.39, 0.29) is 11.6 Å². The molecule has 0 radical (unpaired) electrons. The van der Waals surface area contributed by atoms with Crippen molar-refractivity contribution in [3.05, 3.63) is 65.5 Å². The highest BCUT2D eigenvalue weighted by atomic mass is 79.9. The summed E-state index contributed by atoms with van der Waals surface area (Å²) in [5, 5.41) is 4.09. The number of hydrogen-bond donors (Lipinski definition) is 2. The smallest absolute Gasteiger partial charge is 0.248 e. The molecule has 0 saturated carbocycles. The molecule has 7 nitrogen and oxygen atoms in total. The van der Waals surface area contributed by atoms with Gasteiger partial charge in [0.15, 0.2) is 11.6 Å².